The highest BCUT2D eigenvalue weighted by atomic mass is 79.9. The summed E-state index contributed by atoms with van der Waals surface area (Å²) in [6.07, 6.45) is 1.55. The van der Waals surface area contributed by atoms with Crippen molar-refractivity contribution in [3.63, 3.8) is 0 Å². The maximum absolute atomic E-state index is 12.1. The van der Waals surface area contributed by atoms with Crippen LogP contribution < -0.4 is 16.0 Å². The van der Waals surface area contributed by atoms with Crippen LogP contribution in [0.25, 0.3) is 0 Å². The van der Waals surface area contributed by atoms with Crippen molar-refractivity contribution in [2.24, 2.45) is 10.9 Å². The van der Waals surface area contributed by atoms with Gasteiger partial charge in [-0.15, -0.1) is 0 Å². The van der Waals surface area contributed by atoms with E-state index in [4.69, 9.17) is 0 Å². The van der Waals surface area contributed by atoms with Crippen molar-refractivity contribution in [2.75, 3.05) is 18.4 Å². The Morgan fingerprint density at radius 2 is 2.17 bits per heavy atom. The summed E-state index contributed by atoms with van der Waals surface area (Å²) in [5.74, 6) is 1.49. The van der Waals surface area contributed by atoms with Gasteiger partial charge in [0.15, 0.2) is 5.96 Å². The van der Waals surface area contributed by atoms with Crippen LogP contribution in [0.15, 0.2) is 27.7 Å². The minimum Gasteiger partial charge on any atom is -0.357 e. The van der Waals surface area contributed by atoms with Gasteiger partial charge in [0.1, 0.15) is 0 Å². The molecule has 0 aromatic heterocycles. The third kappa shape index (κ3) is 5.86. The number of hydrogen-bond acceptors (Lipinski definition) is 2. The molecule has 5 nitrogen and oxygen atoms in total. The maximum atomic E-state index is 12.1. The van der Waals surface area contributed by atoms with Gasteiger partial charge < -0.3 is 16.0 Å². The fourth-order valence-electron chi connectivity index (χ4n) is 2.23. The molecular formula is C17H25BrN4O. The summed E-state index contributed by atoms with van der Waals surface area (Å²) in [6, 6.07) is 6.37. The lowest BCUT2D eigenvalue weighted by molar-refractivity contribution is -0.116. The van der Waals surface area contributed by atoms with E-state index in [9.17, 15) is 4.79 Å². The molecule has 1 aromatic rings. The van der Waals surface area contributed by atoms with Gasteiger partial charge in [-0.25, -0.2) is 0 Å². The number of amides is 1. The van der Waals surface area contributed by atoms with Crippen molar-refractivity contribution in [3.8, 4) is 0 Å². The van der Waals surface area contributed by atoms with Gasteiger partial charge in [-0.05, 0) is 43.9 Å². The molecule has 0 aliphatic heterocycles. The fourth-order valence-corrected chi connectivity index (χ4v) is 2.59. The molecule has 23 heavy (non-hydrogen) atoms. The largest absolute Gasteiger partial charge is 0.357 e. The number of rotatable bonds is 6. The van der Waals surface area contributed by atoms with Crippen LogP contribution in [0, 0.1) is 12.8 Å². The standard InChI is InChI=1S/C17H25BrN4O/c1-4-19-17(22-14-9-12(14)3)20-8-7-16(23)21-15-10-13(18)6-5-11(15)2/h5-6,10,12,14H,4,7-9H2,1-3H3,(H,21,23)(H2,19,20,22). The van der Waals surface area contributed by atoms with E-state index in [2.05, 4.69) is 43.8 Å². The molecule has 0 bridgehead atoms. The Morgan fingerprint density at radius 1 is 1.43 bits per heavy atom. The molecule has 0 saturated heterocycles. The predicted octanol–water partition coefficient (Wildman–Crippen LogP) is 3.05. The molecule has 1 aliphatic carbocycles. The Morgan fingerprint density at radius 3 is 2.83 bits per heavy atom. The van der Waals surface area contributed by atoms with E-state index in [1.54, 1.807) is 0 Å². The Kier molecular flexibility index (Phi) is 6.45. The molecule has 6 heteroatoms. The highest BCUT2D eigenvalue weighted by Crippen LogP contribution is 2.28. The Hall–Kier alpha value is -1.56. The van der Waals surface area contributed by atoms with E-state index in [1.165, 1.54) is 6.42 Å². The highest BCUT2D eigenvalue weighted by Gasteiger charge is 2.33. The number of halogens is 1. The molecule has 1 aromatic carbocycles. The quantitative estimate of drug-likeness (QED) is 0.524. The number of carbonyl (C=O) groups is 1. The Balaban J connectivity index is 1.82. The number of nitrogens with one attached hydrogen (secondary N) is 3. The molecule has 1 aliphatic rings. The molecule has 1 saturated carbocycles. The molecule has 2 unspecified atom stereocenters. The summed E-state index contributed by atoms with van der Waals surface area (Å²) < 4.78 is 0.952. The molecule has 0 heterocycles. The van der Waals surface area contributed by atoms with E-state index < -0.39 is 0 Å². The van der Waals surface area contributed by atoms with Gasteiger partial charge in [-0.1, -0.05) is 28.9 Å². The zero-order valence-electron chi connectivity index (χ0n) is 13.9. The average molecular weight is 381 g/mol. The van der Waals surface area contributed by atoms with Gasteiger partial charge in [0.2, 0.25) is 5.91 Å². The molecule has 1 amide bonds. The Labute approximate surface area is 146 Å². The molecule has 0 spiro atoms. The number of aryl methyl sites for hydroxylation is 1. The molecule has 3 N–H and O–H groups in total. The second-order valence-corrected chi connectivity index (χ2v) is 6.90. The number of benzene rings is 1. The summed E-state index contributed by atoms with van der Waals surface area (Å²) in [5, 5.41) is 9.54. The predicted molar refractivity (Wildman–Crippen MR) is 98.8 cm³/mol. The summed E-state index contributed by atoms with van der Waals surface area (Å²) >= 11 is 3.42. The lowest BCUT2D eigenvalue weighted by Gasteiger charge is -2.11. The third-order valence-corrected chi connectivity index (χ3v) is 4.35. The average Bonchev–Trinajstić information content (AvgIpc) is 3.18. The van der Waals surface area contributed by atoms with Crippen LogP contribution in [0.5, 0.6) is 0 Å². The molecule has 2 rings (SSSR count). The molecule has 0 radical (unpaired) electrons. The van der Waals surface area contributed by atoms with Crippen molar-refractivity contribution in [3.05, 3.63) is 28.2 Å². The first-order valence-corrected chi connectivity index (χ1v) is 8.89. The van der Waals surface area contributed by atoms with Gasteiger partial charge in [0, 0.05) is 29.2 Å². The number of nitrogens with zero attached hydrogens (tertiary/aromatic N) is 1. The first-order valence-electron chi connectivity index (χ1n) is 8.10. The van der Waals surface area contributed by atoms with Gasteiger partial charge in [-0.2, -0.15) is 0 Å². The van der Waals surface area contributed by atoms with E-state index in [-0.39, 0.29) is 5.91 Å². The van der Waals surface area contributed by atoms with Crippen molar-refractivity contribution in [1.29, 1.82) is 0 Å². The van der Waals surface area contributed by atoms with Crippen molar-refractivity contribution in [1.82, 2.24) is 10.6 Å². The van der Waals surface area contributed by atoms with Crippen LogP contribution >= 0.6 is 15.9 Å². The van der Waals surface area contributed by atoms with E-state index in [0.29, 0.717) is 24.9 Å². The normalized spacial score (nSPS) is 20.1. The van der Waals surface area contributed by atoms with Crippen LogP contribution in [0.1, 0.15) is 32.3 Å². The number of aliphatic imine (C=N–C) groups is 1. The number of hydrogen-bond donors (Lipinski definition) is 3. The van der Waals surface area contributed by atoms with Gasteiger partial charge in [0.05, 0.1) is 6.54 Å². The first kappa shape index (κ1) is 17.8. The lowest BCUT2D eigenvalue weighted by Crippen LogP contribution is -2.39. The highest BCUT2D eigenvalue weighted by molar-refractivity contribution is 9.10. The summed E-state index contributed by atoms with van der Waals surface area (Å²) in [4.78, 5) is 16.5. The van der Waals surface area contributed by atoms with Crippen LogP contribution in [0.3, 0.4) is 0 Å². The lowest BCUT2D eigenvalue weighted by atomic mass is 10.2. The molecule has 2 atom stereocenters. The summed E-state index contributed by atoms with van der Waals surface area (Å²) in [5.41, 5.74) is 1.88. The summed E-state index contributed by atoms with van der Waals surface area (Å²) in [6.45, 7) is 7.52. The minimum atomic E-state index is -0.0226. The van der Waals surface area contributed by atoms with E-state index in [0.717, 1.165) is 28.2 Å². The maximum Gasteiger partial charge on any atom is 0.226 e. The zero-order valence-corrected chi connectivity index (χ0v) is 15.5. The van der Waals surface area contributed by atoms with Crippen LogP contribution in [-0.2, 0) is 4.79 Å². The van der Waals surface area contributed by atoms with Crippen LogP contribution in [-0.4, -0.2) is 31.0 Å². The zero-order chi connectivity index (χ0) is 16.8. The van der Waals surface area contributed by atoms with Gasteiger partial charge in [-0.3, -0.25) is 9.79 Å². The second-order valence-electron chi connectivity index (χ2n) is 5.98. The van der Waals surface area contributed by atoms with Crippen molar-refractivity contribution >= 4 is 33.5 Å². The monoisotopic (exact) mass is 380 g/mol. The Bertz CT molecular complexity index is 588. The van der Waals surface area contributed by atoms with Crippen molar-refractivity contribution in [2.45, 2.75) is 39.7 Å². The SMILES string of the molecule is CCNC(=NCCC(=O)Nc1cc(Br)ccc1C)NC1CC1C. The molecule has 1 fully saturated rings. The minimum absolute atomic E-state index is 0.0226. The van der Waals surface area contributed by atoms with E-state index >= 15 is 0 Å². The fraction of sp³-hybridized carbons (Fsp3) is 0.529. The topological polar surface area (TPSA) is 65.5 Å². The van der Waals surface area contributed by atoms with Crippen LogP contribution in [0.4, 0.5) is 5.69 Å². The second kappa shape index (κ2) is 8.34. The molecule has 126 valence electrons. The first-order chi connectivity index (χ1) is 11.0. The van der Waals surface area contributed by atoms with Gasteiger partial charge in [0.25, 0.3) is 0 Å². The van der Waals surface area contributed by atoms with E-state index in [1.807, 2.05) is 32.0 Å². The van der Waals surface area contributed by atoms with Gasteiger partial charge >= 0.3 is 0 Å². The molecular weight excluding hydrogens is 356 g/mol. The van der Waals surface area contributed by atoms with Crippen molar-refractivity contribution < 1.29 is 4.79 Å². The number of carbonyl (C=O) groups excluding carboxylic acids is 1. The smallest absolute Gasteiger partial charge is 0.226 e. The number of guanidine groups is 1. The summed E-state index contributed by atoms with van der Waals surface area (Å²) in [7, 11) is 0. The number of anilines is 1. The third-order valence-electron chi connectivity index (χ3n) is 3.86. The van der Waals surface area contributed by atoms with Crippen LogP contribution in [0.2, 0.25) is 0 Å².